The van der Waals surface area contributed by atoms with Gasteiger partial charge in [-0.05, 0) is 0 Å². The van der Waals surface area contributed by atoms with Crippen LogP contribution >= 0.6 is 0 Å². The summed E-state index contributed by atoms with van der Waals surface area (Å²) >= 11 is 0. The zero-order valence-corrected chi connectivity index (χ0v) is 8.24. The van der Waals surface area contributed by atoms with Gasteiger partial charge in [-0.1, -0.05) is 0 Å². The van der Waals surface area contributed by atoms with Gasteiger partial charge in [-0.3, -0.25) is 14.3 Å². The number of aliphatic hydroxyl groups is 2. The van der Waals surface area contributed by atoms with Crippen LogP contribution in [0.2, 0.25) is 0 Å². The summed E-state index contributed by atoms with van der Waals surface area (Å²) < 4.78 is 6.38. The molecule has 3 N–H and O–H groups in total. The molecule has 0 saturated carbocycles. The van der Waals surface area contributed by atoms with Crippen LogP contribution < -0.4 is 11.2 Å². The molecule has 0 bridgehead atoms. The molecule has 3 atom stereocenters. The van der Waals surface area contributed by atoms with Crippen LogP contribution in [-0.4, -0.2) is 32.0 Å². The van der Waals surface area contributed by atoms with Crippen molar-refractivity contribution in [3.05, 3.63) is 39.7 Å². The van der Waals surface area contributed by atoms with Crippen LogP contribution in [0, 0.1) is 6.61 Å². The van der Waals surface area contributed by atoms with Crippen molar-refractivity contribution in [2.45, 2.75) is 24.9 Å². The Hall–Kier alpha value is -1.44. The fraction of sp³-hybridized carbons (Fsp3) is 0.444. The van der Waals surface area contributed by atoms with Crippen LogP contribution in [-0.2, 0) is 4.74 Å². The van der Waals surface area contributed by atoms with E-state index in [4.69, 9.17) is 9.84 Å². The number of hydrogen-bond donors (Lipinski definition) is 3. The van der Waals surface area contributed by atoms with Crippen molar-refractivity contribution in [1.29, 1.82) is 0 Å². The van der Waals surface area contributed by atoms with Gasteiger partial charge < -0.3 is 14.9 Å². The number of aliphatic hydroxyl groups excluding tert-OH is 2. The predicted molar refractivity (Wildman–Crippen MR) is 52.1 cm³/mol. The number of ether oxygens (including phenoxy) is 1. The average molecular weight is 227 g/mol. The lowest BCUT2D eigenvalue weighted by molar-refractivity contribution is -0.0234. The summed E-state index contributed by atoms with van der Waals surface area (Å²) in [6.45, 7) is 0.737. The van der Waals surface area contributed by atoms with Gasteiger partial charge >= 0.3 is 5.69 Å². The number of H-pyrrole nitrogens is 1. The van der Waals surface area contributed by atoms with Crippen LogP contribution in [0.3, 0.4) is 0 Å². The highest BCUT2D eigenvalue weighted by Gasteiger charge is 2.35. The molecule has 0 spiro atoms. The predicted octanol–water partition coefficient (Wildman–Crippen LogP) is -1.28. The van der Waals surface area contributed by atoms with Gasteiger partial charge in [0.05, 0.1) is 6.10 Å². The number of rotatable bonds is 2. The molecule has 1 aliphatic heterocycles. The fourth-order valence-corrected chi connectivity index (χ4v) is 1.64. The fourth-order valence-electron chi connectivity index (χ4n) is 1.64. The van der Waals surface area contributed by atoms with Crippen LogP contribution in [0.5, 0.6) is 0 Å². The molecular weight excluding hydrogens is 216 g/mol. The number of nitrogens with zero attached hydrogens (tertiary/aromatic N) is 1. The van der Waals surface area contributed by atoms with Crippen molar-refractivity contribution in [3.8, 4) is 0 Å². The van der Waals surface area contributed by atoms with Crippen molar-refractivity contribution in [1.82, 2.24) is 9.55 Å². The summed E-state index contributed by atoms with van der Waals surface area (Å²) in [6.07, 6.45) is -0.906. The molecule has 2 rings (SSSR count). The monoisotopic (exact) mass is 227 g/mol. The van der Waals surface area contributed by atoms with E-state index in [9.17, 15) is 14.7 Å². The Morgan fingerprint density at radius 1 is 1.56 bits per heavy atom. The van der Waals surface area contributed by atoms with Crippen molar-refractivity contribution < 1.29 is 14.9 Å². The third-order valence-corrected chi connectivity index (χ3v) is 2.44. The van der Waals surface area contributed by atoms with E-state index in [-0.39, 0.29) is 6.42 Å². The number of hydrogen-bond acceptors (Lipinski definition) is 5. The lowest BCUT2D eigenvalue weighted by atomic mass is 10.2. The van der Waals surface area contributed by atoms with Crippen molar-refractivity contribution in [2.75, 3.05) is 0 Å². The average Bonchev–Trinajstić information content (AvgIpc) is 2.59. The van der Waals surface area contributed by atoms with Crippen molar-refractivity contribution >= 4 is 0 Å². The second-order valence-electron chi connectivity index (χ2n) is 3.52. The van der Waals surface area contributed by atoms with Gasteiger partial charge in [0.1, 0.15) is 18.9 Å². The largest absolute Gasteiger partial charge is 0.390 e. The third kappa shape index (κ3) is 1.92. The Kier molecular flexibility index (Phi) is 2.90. The normalized spacial score (nSPS) is 29.5. The summed E-state index contributed by atoms with van der Waals surface area (Å²) in [5, 5.41) is 18.2. The molecule has 1 radical (unpaired) electrons. The lowest BCUT2D eigenvalue weighted by Gasteiger charge is -2.13. The number of aromatic nitrogens is 2. The van der Waals surface area contributed by atoms with Gasteiger partial charge in [-0.15, -0.1) is 0 Å². The van der Waals surface area contributed by atoms with Crippen LogP contribution in [0.15, 0.2) is 21.9 Å². The Morgan fingerprint density at radius 2 is 2.31 bits per heavy atom. The SMILES string of the molecule is O=c1ccn([C@H]2C[C@H](O)[C@@H]([CH]O)O2)c(=O)[nH]1. The first-order valence-corrected chi connectivity index (χ1v) is 4.74. The van der Waals surface area contributed by atoms with Crippen molar-refractivity contribution in [2.24, 2.45) is 0 Å². The topological polar surface area (TPSA) is 105 Å². The molecule has 16 heavy (non-hydrogen) atoms. The Bertz CT molecular complexity index is 479. The second kappa shape index (κ2) is 4.20. The van der Waals surface area contributed by atoms with E-state index >= 15 is 0 Å². The summed E-state index contributed by atoms with van der Waals surface area (Å²) in [6, 6.07) is 1.19. The number of aromatic amines is 1. The Morgan fingerprint density at radius 3 is 2.88 bits per heavy atom. The first kappa shape index (κ1) is 11.1. The molecular formula is C9H11N2O5. The smallest absolute Gasteiger partial charge is 0.330 e. The van der Waals surface area contributed by atoms with Gasteiger partial charge in [-0.25, -0.2) is 4.79 Å². The summed E-state index contributed by atoms with van der Waals surface area (Å²) in [5.41, 5.74) is -1.10. The molecule has 1 aromatic heterocycles. The van der Waals surface area contributed by atoms with Crippen LogP contribution in [0.25, 0.3) is 0 Å². The maximum Gasteiger partial charge on any atom is 0.330 e. The lowest BCUT2D eigenvalue weighted by Crippen LogP contribution is -2.31. The van der Waals surface area contributed by atoms with Crippen LogP contribution in [0.1, 0.15) is 12.6 Å². The molecule has 0 unspecified atom stereocenters. The van der Waals surface area contributed by atoms with E-state index in [1.807, 2.05) is 0 Å². The van der Waals surface area contributed by atoms with Gasteiger partial charge in [0, 0.05) is 18.7 Å². The van der Waals surface area contributed by atoms with Crippen molar-refractivity contribution in [3.63, 3.8) is 0 Å². The molecule has 1 aliphatic rings. The molecule has 1 fully saturated rings. The van der Waals surface area contributed by atoms with E-state index in [1.54, 1.807) is 0 Å². The van der Waals surface area contributed by atoms with Gasteiger partial charge in [-0.2, -0.15) is 0 Å². The third-order valence-electron chi connectivity index (χ3n) is 2.44. The molecule has 0 aliphatic carbocycles. The summed E-state index contributed by atoms with van der Waals surface area (Å²) in [7, 11) is 0. The van der Waals surface area contributed by atoms with E-state index in [1.165, 1.54) is 12.3 Å². The first-order valence-electron chi connectivity index (χ1n) is 4.74. The molecule has 87 valence electrons. The highest BCUT2D eigenvalue weighted by atomic mass is 16.5. The maximum atomic E-state index is 11.4. The molecule has 0 aromatic carbocycles. The van der Waals surface area contributed by atoms with Gasteiger partial charge in [0.25, 0.3) is 5.56 Å². The molecule has 7 heteroatoms. The van der Waals surface area contributed by atoms with E-state index in [2.05, 4.69) is 4.98 Å². The zero-order chi connectivity index (χ0) is 11.7. The minimum Gasteiger partial charge on any atom is -0.390 e. The highest BCUT2D eigenvalue weighted by molar-refractivity contribution is 4.90. The maximum absolute atomic E-state index is 11.4. The minimum absolute atomic E-state index is 0.174. The summed E-state index contributed by atoms with van der Waals surface area (Å²) in [5.74, 6) is 0. The molecule has 7 nitrogen and oxygen atoms in total. The summed E-state index contributed by atoms with van der Waals surface area (Å²) in [4.78, 5) is 24.3. The first-order chi connectivity index (χ1) is 7.61. The minimum atomic E-state index is -0.867. The van der Waals surface area contributed by atoms with E-state index in [0.29, 0.717) is 0 Å². The van der Waals surface area contributed by atoms with E-state index in [0.717, 1.165) is 11.2 Å². The standard InChI is InChI=1S/C9H11N2O5/c12-4-6-5(13)3-8(16-6)11-2-1-7(14)10-9(11)15/h1-2,4-6,8,12-13H,3H2,(H,10,14,15)/t5-,6+,8+/m0/s1. The second-order valence-corrected chi connectivity index (χ2v) is 3.52. The molecule has 0 amide bonds. The molecule has 1 aromatic rings. The number of nitrogens with one attached hydrogen (secondary N) is 1. The molecule has 1 saturated heterocycles. The van der Waals surface area contributed by atoms with Gasteiger partial charge in [0.15, 0.2) is 0 Å². The Balaban J connectivity index is 2.27. The van der Waals surface area contributed by atoms with Crippen LogP contribution in [0.4, 0.5) is 0 Å². The zero-order valence-electron chi connectivity index (χ0n) is 8.24. The quantitative estimate of drug-likeness (QED) is 0.583. The van der Waals surface area contributed by atoms with Gasteiger partial charge in [0.2, 0.25) is 0 Å². The molecule has 2 heterocycles. The highest BCUT2D eigenvalue weighted by Crippen LogP contribution is 2.27. The Labute approximate surface area is 89.9 Å². The van der Waals surface area contributed by atoms with E-state index < -0.39 is 29.7 Å².